The summed E-state index contributed by atoms with van der Waals surface area (Å²) >= 11 is 0. The molecule has 0 heterocycles. The maximum atomic E-state index is 11.9. The second-order valence-corrected chi connectivity index (χ2v) is 11.4. The number of nitrogens with zero attached hydrogens (tertiary/aromatic N) is 1. The van der Waals surface area contributed by atoms with E-state index >= 15 is 0 Å². The van der Waals surface area contributed by atoms with Crippen molar-refractivity contribution in [2.45, 2.75) is 32.0 Å². The maximum Gasteiger partial charge on any atom is 0.311 e. The highest BCUT2D eigenvalue weighted by molar-refractivity contribution is 6.89. The van der Waals surface area contributed by atoms with E-state index in [4.69, 9.17) is 4.74 Å². The maximum absolute atomic E-state index is 11.9. The predicted octanol–water partition coefficient (Wildman–Crippen LogP) is 4.13. The molecule has 0 bridgehead atoms. The second-order valence-electron chi connectivity index (χ2n) is 6.61. The molecular formula is C20H23NO2Si. The zero-order valence-electron chi connectivity index (χ0n) is 14.2. The Morgan fingerprint density at radius 2 is 1.67 bits per heavy atom. The topological polar surface area (TPSA) is 50.1 Å². The highest BCUT2D eigenvalue weighted by atomic mass is 28.3. The summed E-state index contributed by atoms with van der Waals surface area (Å²) in [5, 5.41) is 10.8. The van der Waals surface area contributed by atoms with Crippen molar-refractivity contribution in [1.82, 2.24) is 0 Å². The third kappa shape index (κ3) is 5.36. The molecule has 0 spiro atoms. The van der Waals surface area contributed by atoms with Crippen LogP contribution in [0.5, 0.6) is 5.75 Å². The van der Waals surface area contributed by atoms with Crippen molar-refractivity contribution in [1.29, 1.82) is 5.26 Å². The molecule has 2 aromatic carbocycles. The van der Waals surface area contributed by atoms with Crippen LogP contribution in [0.2, 0.25) is 19.1 Å². The van der Waals surface area contributed by atoms with Gasteiger partial charge in [-0.3, -0.25) is 4.79 Å². The molecule has 0 radical (unpaired) electrons. The van der Waals surface area contributed by atoms with Crippen molar-refractivity contribution in [3.05, 3.63) is 60.7 Å². The Labute approximate surface area is 144 Å². The van der Waals surface area contributed by atoms with E-state index in [0.29, 0.717) is 12.2 Å². The molecule has 3 nitrogen and oxygen atoms in total. The number of hydrogen-bond donors (Lipinski definition) is 0. The molecule has 0 N–H and O–H groups in total. The smallest absolute Gasteiger partial charge is 0.311 e. The number of para-hydroxylation sites is 1. The van der Waals surface area contributed by atoms with Gasteiger partial charge in [0, 0.05) is 12.3 Å². The number of hydrogen-bond acceptors (Lipinski definition) is 3. The molecule has 2 aromatic rings. The van der Waals surface area contributed by atoms with Crippen molar-refractivity contribution in [2.75, 3.05) is 0 Å². The van der Waals surface area contributed by atoms with E-state index in [1.807, 2.05) is 36.4 Å². The third-order valence-corrected chi connectivity index (χ3v) is 7.58. The molecule has 0 amide bonds. The van der Waals surface area contributed by atoms with Crippen LogP contribution < -0.4 is 9.92 Å². The molecule has 0 aliphatic rings. The highest BCUT2D eigenvalue weighted by Gasteiger charge is 2.27. The van der Waals surface area contributed by atoms with Crippen molar-refractivity contribution in [3.8, 4) is 11.8 Å². The Morgan fingerprint density at radius 3 is 2.25 bits per heavy atom. The van der Waals surface area contributed by atoms with Gasteiger partial charge in [-0.15, -0.1) is 0 Å². The van der Waals surface area contributed by atoms with Crippen molar-refractivity contribution >= 4 is 19.2 Å². The summed E-state index contributed by atoms with van der Waals surface area (Å²) in [6.45, 7) is 4.55. The Morgan fingerprint density at radius 1 is 1.08 bits per heavy atom. The van der Waals surface area contributed by atoms with Gasteiger partial charge in [-0.1, -0.05) is 66.8 Å². The van der Waals surface area contributed by atoms with Crippen LogP contribution >= 0.6 is 0 Å². The molecule has 0 aromatic heterocycles. The lowest BCUT2D eigenvalue weighted by Gasteiger charge is -2.25. The standard InChI is InChI=1S/C20H23NO2Si/c1-24(2,19-11-7-4-8-12-19)16-17(15-21)13-14-20(22)23-18-9-5-3-6-10-18/h3-12,17H,13-14,16H2,1-2H3. The number of ether oxygens (including phenoxy) is 1. The molecule has 1 unspecified atom stereocenters. The molecule has 24 heavy (non-hydrogen) atoms. The van der Waals surface area contributed by atoms with E-state index in [-0.39, 0.29) is 18.3 Å². The molecular weight excluding hydrogens is 314 g/mol. The Kier molecular flexibility index (Phi) is 6.33. The first-order valence-electron chi connectivity index (χ1n) is 8.22. The van der Waals surface area contributed by atoms with Crippen LogP contribution in [-0.4, -0.2) is 14.0 Å². The highest BCUT2D eigenvalue weighted by Crippen LogP contribution is 2.21. The second kappa shape index (κ2) is 8.46. The lowest BCUT2D eigenvalue weighted by atomic mass is 10.1. The first kappa shape index (κ1) is 18.0. The van der Waals surface area contributed by atoms with Gasteiger partial charge < -0.3 is 4.74 Å². The Balaban J connectivity index is 1.88. The minimum Gasteiger partial charge on any atom is -0.427 e. The number of nitriles is 1. The number of rotatable bonds is 7. The average molecular weight is 337 g/mol. The van der Waals surface area contributed by atoms with Gasteiger partial charge in [0.1, 0.15) is 5.75 Å². The van der Waals surface area contributed by atoms with E-state index in [2.05, 4.69) is 31.3 Å². The van der Waals surface area contributed by atoms with Crippen LogP contribution in [0.25, 0.3) is 0 Å². The normalized spacial score (nSPS) is 12.2. The summed E-state index contributed by atoms with van der Waals surface area (Å²) < 4.78 is 5.29. The molecule has 2 rings (SSSR count). The quantitative estimate of drug-likeness (QED) is 0.434. The van der Waals surface area contributed by atoms with Gasteiger partial charge in [-0.25, -0.2) is 0 Å². The van der Waals surface area contributed by atoms with Gasteiger partial charge in [0.25, 0.3) is 0 Å². The van der Waals surface area contributed by atoms with Gasteiger partial charge in [0.2, 0.25) is 0 Å². The van der Waals surface area contributed by atoms with Gasteiger partial charge in [-0.2, -0.15) is 5.26 Å². The predicted molar refractivity (Wildman–Crippen MR) is 98.8 cm³/mol. The fraction of sp³-hybridized carbons (Fsp3) is 0.300. The van der Waals surface area contributed by atoms with E-state index in [1.165, 1.54) is 5.19 Å². The van der Waals surface area contributed by atoms with Gasteiger partial charge in [-0.05, 0) is 24.6 Å². The molecule has 0 saturated carbocycles. The Hall–Kier alpha value is -2.38. The van der Waals surface area contributed by atoms with Crippen molar-refractivity contribution in [2.24, 2.45) is 5.92 Å². The summed E-state index contributed by atoms with van der Waals surface area (Å²) in [7, 11) is -1.68. The summed E-state index contributed by atoms with van der Waals surface area (Å²) in [5.41, 5.74) is 0. The van der Waals surface area contributed by atoms with Crippen LogP contribution in [0.15, 0.2) is 60.7 Å². The Bertz CT molecular complexity index is 693. The van der Waals surface area contributed by atoms with E-state index in [1.54, 1.807) is 12.1 Å². The van der Waals surface area contributed by atoms with Gasteiger partial charge in [0.05, 0.1) is 14.1 Å². The number of carbonyl (C=O) groups excluding carboxylic acids is 1. The lowest BCUT2D eigenvalue weighted by molar-refractivity contribution is -0.134. The van der Waals surface area contributed by atoms with E-state index in [9.17, 15) is 10.1 Å². The monoisotopic (exact) mass is 337 g/mol. The van der Waals surface area contributed by atoms with Crippen molar-refractivity contribution in [3.63, 3.8) is 0 Å². The molecule has 1 atom stereocenters. The first-order valence-corrected chi connectivity index (χ1v) is 11.4. The van der Waals surface area contributed by atoms with Crippen LogP contribution in [-0.2, 0) is 4.79 Å². The number of esters is 1. The molecule has 0 aliphatic carbocycles. The largest absolute Gasteiger partial charge is 0.427 e. The van der Waals surface area contributed by atoms with E-state index in [0.717, 1.165) is 6.04 Å². The van der Waals surface area contributed by atoms with Gasteiger partial charge >= 0.3 is 5.97 Å². The molecule has 0 fully saturated rings. The van der Waals surface area contributed by atoms with Crippen LogP contribution in [0.3, 0.4) is 0 Å². The molecule has 0 saturated heterocycles. The fourth-order valence-corrected chi connectivity index (χ4v) is 5.66. The van der Waals surface area contributed by atoms with Gasteiger partial charge in [0.15, 0.2) is 0 Å². The van der Waals surface area contributed by atoms with Crippen LogP contribution in [0, 0.1) is 17.2 Å². The van der Waals surface area contributed by atoms with Crippen LogP contribution in [0.1, 0.15) is 12.8 Å². The summed E-state index contributed by atoms with van der Waals surface area (Å²) in [4.78, 5) is 11.9. The zero-order chi connectivity index (χ0) is 17.4. The summed E-state index contributed by atoms with van der Waals surface area (Å²) in [6.07, 6.45) is 0.817. The minimum absolute atomic E-state index is 0.116. The summed E-state index contributed by atoms with van der Waals surface area (Å²) in [6, 6.07) is 22.7. The number of carbonyl (C=O) groups is 1. The SMILES string of the molecule is C[Si](C)(CC(C#N)CCC(=O)Oc1ccccc1)c1ccccc1. The fourth-order valence-electron chi connectivity index (χ4n) is 2.80. The summed E-state index contributed by atoms with van der Waals surface area (Å²) in [5.74, 6) is 0.158. The van der Waals surface area contributed by atoms with Crippen LogP contribution in [0.4, 0.5) is 0 Å². The number of benzene rings is 2. The first-order chi connectivity index (χ1) is 11.5. The molecule has 0 aliphatic heterocycles. The lowest BCUT2D eigenvalue weighted by Crippen LogP contribution is -2.42. The van der Waals surface area contributed by atoms with E-state index < -0.39 is 8.07 Å². The molecule has 124 valence electrons. The average Bonchev–Trinajstić information content (AvgIpc) is 2.60. The van der Waals surface area contributed by atoms with Crippen molar-refractivity contribution < 1.29 is 9.53 Å². The zero-order valence-corrected chi connectivity index (χ0v) is 15.2. The third-order valence-electron chi connectivity index (χ3n) is 4.17. The minimum atomic E-state index is -1.68. The molecule has 4 heteroatoms.